The van der Waals surface area contributed by atoms with Crippen molar-refractivity contribution in [1.82, 2.24) is 4.98 Å². The smallest absolute Gasteiger partial charge is 0.324 e. The monoisotopic (exact) mass is 430 g/mol. The van der Waals surface area contributed by atoms with Crippen LogP contribution in [0.3, 0.4) is 0 Å². The SMILES string of the molecule is O=C(/C=C/c1ccc(-c2ccc(F)cc2)nc1)N(OC(=O)C(F)(F)F)c1ccccc1. The van der Waals surface area contributed by atoms with Crippen molar-refractivity contribution < 1.29 is 32.0 Å². The number of hydrogen-bond donors (Lipinski definition) is 0. The molecule has 0 saturated carbocycles. The van der Waals surface area contributed by atoms with Gasteiger partial charge in [-0.3, -0.25) is 9.78 Å². The normalized spacial score (nSPS) is 11.4. The summed E-state index contributed by atoms with van der Waals surface area (Å²) in [6.07, 6.45) is -1.58. The van der Waals surface area contributed by atoms with Gasteiger partial charge in [0.1, 0.15) is 5.82 Å². The van der Waals surface area contributed by atoms with Gasteiger partial charge in [-0.1, -0.05) is 24.3 Å². The zero-order valence-corrected chi connectivity index (χ0v) is 15.7. The van der Waals surface area contributed by atoms with Gasteiger partial charge in [0.2, 0.25) is 0 Å². The van der Waals surface area contributed by atoms with Crippen molar-refractivity contribution in [2.75, 3.05) is 5.06 Å². The minimum absolute atomic E-state index is 0.0560. The van der Waals surface area contributed by atoms with Crippen molar-refractivity contribution in [3.05, 3.63) is 90.4 Å². The van der Waals surface area contributed by atoms with Crippen molar-refractivity contribution >= 4 is 23.6 Å². The predicted molar refractivity (Wildman–Crippen MR) is 105 cm³/mol. The maximum absolute atomic E-state index is 13.0. The van der Waals surface area contributed by atoms with Crippen molar-refractivity contribution in [2.24, 2.45) is 0 Å². The lowest BCUT2D eigenvalue weighted by molar-refractivity contribution is -0.201. The first-order valence-corrected chi connectivity index (χ1v) is 8.82. The molecule has 0 radical (unpaired) electrons. The van der Waals surface area contributed by atoms with E-state index in [1.165, 1.54) is 48.7 Å². The summed E-state index contributed by atoms with van der Waals surface area (Å²) in [7, 11) is 0. The van der Waals surface area contributed by atoms with E-state index >= 15 is 0 Å². The highest BCUT2D eigenvalue weighted by Crippen LogP contribution is 2.22. The Bertz CT molecular complexity index is 1080. The van der Waals surface area contributed by atoms with Gasteiger partial charge in [0.15, 0.2) is 0 Å². The summed E-state index contributed by atoms with van der Waals surface area (Å²) in [4.78, 5) is 32.1. The summed E-state index contributed by atoms with van der Waals surface area (Å²) in [5.74, 6) is -3.91. The van der Waals surface area contributed by atoms with Crippen molar-refractivity contribution in [3.8, 4) is 11.3 Å². The second-order valence-corrected chi connectivity index (χ2v) is 6.16. The lowest BCUT2D eigenvalue weighted by Gasteiger charge is -2.20. The number of carbonyl (C=O) groups is 2. The lowest BCUT2D eigenvalue weighted by atomic mass is 10.1. The first-order valence-electron chi connectivity index (χ1n) is 8.82. The van der Waals surface area contributed by atoms with Crippen molar-refractivity contribution in [1.29, 1.82) is 0 Å². The second kappa shape index (κ2) is 9.21. The molecule has 0 fully saturated rings. The highest BCUT2D eigenvalue weighted by molar-refractivity contribution is 6.03. The summed E-state index contributed by atoms with van der Waals surface area (Å²) in [5, 5.41) is 0.257. The van der Waals surface area contributed by atoms with E-state index in [2.05, 4.69) is 9.82 Å². The predicted octanol–water partition coefficient (Wildman–Crippen LogP) is 4.95. The van der Waals surface area contributed by atoms with E-state index in [0.29, 0.717) is 16.8 Å². The number of para-hydroxylation sites is 1. The molecule has 9 heteroatoms. The Morgan fingerprint density at radius 3 is 2.19 bits per heavy atom. The average molecular weight is 430 g/mol. The zero-order chi connectivity index (χ0) is 22.4. The Kier molecular flexibility index (Phi) is 6.44. The van der Waals surface area contributed by atoms with E-state index in [4.69, 9.17) is 0 Å². The summed E-state index contributed by atoms with van der Waals surface area (Å²) >= 11 is 0. The molecule has 0 aliphatic heterocycles. The molecule has 3 aromatic rings. The molecule has 1 amide bonds. The number of pyridine rings is 1. The van der Waals surface area contributed by atoms with Crippen LogP contribution in [0.1, 0.15) is 5.56 Å². The highest BCUT2D eigenvalue weighted by Gasteiger charge is 2.43. The Morgan fingerprint density at radius 1 is 0.935 bits per heavy atom. The van der Waals surface area contributed by atoms with Gasteiger partial charge >= 0.3 is 12.1 Å². The molecule has 1 heterocycles. The van der Waals surface area contributed by atoms with Crippen LogP contribution in [-0.4, -0.2) is 23.0 Å². The number of benzene rings is 2. The van der Waals surface area contributed by atoms with Gasteiger partial charge in [-0.2, -0.15) is 13.2 Å². The molecule has 0 spiro atoms. The number of amides is 1. The standard InChI is InChI=1S/C22H14F4N2O3/c23-17-10-8-16(9-11-17)19-12-6-15(14-27-19)7-13-20(29)28(18-4-2-1-3-5-18)31-21(30)22(24,25)26/h1-14H/b13-7+. The zero-order valence-electron chi connectivity index (χ0n) is 15.7. The van der Waals surface area contributed by atoms with E-state index in [9.17, 15) is 27.2 Å². The van der Waals surface area contributed by atoms with Crippen molar-refractivity contribution in [2.45, 2.75) is 6.18 Å². The van der Waals surface area contributed by atoms with Gasteiger partial charge in [-0.05, 0) is 54.1 Å². The quantitative estimate of drug-likeness (QED) is 0.334. The number of alkyl halides is 3. The maximum Gasteiger partial charge on any atom is 0.493 e. The number of anilines is 1. The summed E-state index contributed by atoms with van der Waals surface area (Å²) in [5.41, 5.74) is 1.66. The van der Waals surface area contributed by atoms with E-state index in [1.807, 2.05) is 0 Å². The third-order valence-corrected chi connectivity index (χ3v) is 3.94. The molecule has 31 heavy (non-hydrogen) atoms. The topological polar surface area (TPSA) is 59.5 Å². The molecule has 0 aliphatic rings. The Morgan fingerprint density at radius 2 is 1.61 bits per heavy atom. The third kappa shape index (κ3) is 5.75. The van der Waals surface area contributed by atoms with Gasteiger partial charge in [-0.15, -0.1) is 5.06 Å². The summed E-state index contributed by atoms with van der Waals surface area (Å²) in [6, 6.07) is 16.1. The maximum atomic E-state index is 13.0. The molecule has 0 bridgehead atoms. The van der Waals surface area contributed by atoms with Crippen LogP contribution in [0, 0.1) is 5.82 Å². The van der Waals surface area contributed by atoms with Crippen LogP contribution >= 0.6 is 0 Å². The fraction of sp³-hybridized carbons (Fsp3) is 0.0455. The molecular weight excluding hydrogens is 416 g/mol. The van der Waals surface area contributed by atoms with E-state index < -0.39 is 18.1 Å². The van der Waals surface area contributed by atoms with Gasteiger partial charge in [0.05, 0.1) is 11.4 Å². The molecule has 0 N–H and O–H groups in total. The van der Waals surface area contributed by atoms with E-state index in [1.54, 1.807) is 30.3 Å². The first-order chi connectivity index (χ1) is 14.7. The fourth-order valence-corrected chi connectivity index (χ4v) is 2.45. The van der Waals surface area contributed by atoms with Crippen LogP contribution in [0.5, 0.6) is 0 Å². The van der Waals surface area contributed by atoms with Crippen LogP contribution in [0.2, 0.25) is 0 Å². The largest absolute Gasteiger partial charge is 0.493 e. The van der Waals surface area contributed by atoms with Crippen LogP contribution in [0.4, 0.5) is 23.2 Å². The van der Waals surface area contributed by atoms with Crippen LogP contribution in [0.25, 0.3) is 17.3 Å². The molecule has 0 atom stereocenters. The van der Waals surface area contributed by atoms with E-state index in [-0.39, 0.29) is 16.6 Å². The molecular formula is C22H14F4N2O3. The van der Waals surface area contributed by atoms with Crippen LogP contribution < -0.4 is 5.06 Å². The molecule has 5 nitrogen and oxygen atoms in total. The van der Waals surface area contributed by atoms with Crippen molar-refractivity contribution in [3.63, 3.8) is 0 Å². The molecule has 158 valence electrons. The number of halogens is 4. The molecule has 0 saturated heterocycles. The Balaban J connectivity index is 1.77. The van der Waals surface area contributed by atoms with Crippen LogP contribution in [-0.2, 0) is 14.4 Å². The first kappa shape index (κ1) is 21.7. The Hall–Kier alpha value is -4.01. The molecule has 0 aliphatic carbocycles. The van der Waals surface area contributed by atoms with E-state index in [0.717, 1.165) is 6.08 Å². The number of rotatable bonds is 4. The summed E-state index contributed by atoms with van der Waals surface area (Å²) < 4.78 is 50.8. The third-order valence-electron chi connectivity index (χ3n) is 3.94. The second-order valence-electron chi connectivity index (χ2n) is 6.16. The number of nitrogens with zero attached hydrogens (tertiary/aromatic N) is 2. The number of hydroxylamine groups is 1. The molecule has 0 unspecified atom stereocenters. The molecule has 3 rings (SSSR count). The lowest BCUT2D eigenvalue weighted by Crippen LogP contribution is -2.38. The molecule has 1 aromatic heterocycles. The highest BCUT2D eigenvalue weighted by atomic mass is 19.4. The minimum Gasteiger partial charge on any atom is -0.324 e. The number of carbonyl (C=O) groups excluding carboxylic acids is 2. The van der Waals surface area contributed by atoms with Gasteiger partial charge in [-0.25, -0.2) is 9.18 Å². The summed E-state index contributed by atoms with van der Waals surface area (Å²) in [6.45, 7) is 0. The van der Waals surface area contributed by atoms with Gasteiger partial charge in [0.25, 0.3) is 5.91 Å². The van der Waals surface area contributed by atoms with Gasteiger partial charge < -0.3 is 4.84 Å². The Labute approximate surface area is 174 Å². The number of aromatic nitrogens is 1. The molecule has 2 aromatic carbocycles. The number of hydrogen-bond acceptors (Lipinski definition) is 4. The minimum atomic E-state index is -5.27. The average Bonchev–Trinajstić information content (AvgIpc) is 2.76. The van der Waals surface area contributed by atoms with Gasteiger partial charge in [0, 0.05) is 17.8 Å². The van der Waals surface area contributed by atoms with Crippen LogP contribution in [0.15, 0.2) is 79.0 Å². The fourth-order valence-electron chi connectivity index (χ4n) is 2.45.